The maximum absolute atomic E-state index is 11.7. The lowest BCUT2D eigenvalue weighted by Crippen LogP contribution is -2.32. The second-order valence-corrected chi connectivity index (χ2v) is 6.17. The van der Waals surface area contributed by atoms with Crippen molar-refractivity contribution in [3.63, 3.8) is 0 Å². The molecule has 0 saturated carbocycles. The van der Waals surface area contributed by atoms with Crippen LogP contribution in [0.5, 0.6) is 0 Å². The van der Waals surface area contributed by atoms with Crippen LogP contribution in [-0.4, -0.2) is 17.1 Å². The number of hydrogen-bond acceptors (Lipinski definition) is 2. The highest BCUT2D eigenvalue weighted by Crippen LogP contribution is 2.07. The van der Waals surface area contributed by atoms with Crippen molar-refractivity contribution in [1.29, 1.82) is 0 Å². The van der Waals surface area contributed by atoms with Crippen LogP contribution in [0.2, 0.25) is 0 Å². The van der Waals surface area contributed by atoms with E-state index in [-0.39, 0.29) is 5.56 Å². The predicted molar refractivity (Wildman–Crippen MR) is 104 cm³/mol. The summed E-state index contributed by atoms with van der Waals surface area (Å²) in [7, 11) is 0. The first-order valence-corrected chi connectivity index (χ1v) is 8.96. The van der Waals surface area contributed by atoms with E-state index in [1.54, 1.807) is 22.9 Å². The minimum atomic E-state index is 0.00830. The highest BCUT2D eigenvalue weighted by Gasteiger charge is 1.98. The van der Waals surface area contributed by atoms with Gasteiger partial charge in [-0.3, -0.25) is 4.79 Å². The Morgan fingerprint density at radius 2 is 1.84 bits per heavy atom. The van der Waals surface area contributed by atoms with Crippen LogP contribution in [0.15, 0.2) is 58.4 Å². The van der Waals surface area contributed by atoms with Gasteiger partial charge in [0.2, 0.25) is 0 Å². The van der Waals surface area contributed by atoms with Crippen molar-refractivity contribution in [3.05, 3.63) is 70.1 Å². The molecule has 0 aliphatic rings. The molecule has 1 aromatic carbocycles. The lowest BCUT2D eigenvalue weighted by molar-refractivity contribution is 0.652. The van der Waals surface area contributed by atoms with Gasteiger partial charge in [-0.25, -0.2) is 4.99 Å². The maximum Gasteiger partial charge on any atom is 0.250 e. The SMILES string of the molecule is CCCCCCNC(N)=NCc1ccc(Cn2ccccc2=O)cc1. The van der Waals surface area contributed by atoms with Crippen LogP contribution < -0.4 is 16.6 Å². The molecular weight excluding hydrogens is 312 g/mol. The van der Waals surface area contributed by atoms with Crippen LogP contribution in [0.4, 0.5) is 0 Å². The molecule has 0 amide bonds. The average molecular weight is 340 g/mol. The van der Waals surface area contributed by atoms with Crippen molar-refractivity contribution in [2.24, 2.45) is 10.7 Å². The normalized spacial score (nSPS) is 11.5. The molecule has 0 saturated heterocycles. The summed E-state index contributed by atoms with van der Waals surface area (Å²) in [4.78, 5) is 16.1. The van der Waals surface area contributed by atoms with Crippen molar-refractivity contribution in [3.8, 4) is 0 Å². The molecule has 5 heteroatoms. The van der Waals surface area contributed by atoms with E-state index in [1.165, 1.54) is 19.3 Å². The Hall–Kier alpha value is -2.56. The second kappa shape index (κ2) is 10.3. The number of hydrogen-bond donors (Lipinski definition) is 2. The number of nitrogens with two attached hydrogens (primary N) is 1. The summed E-state index contributed by atoms with van der Waals surface area (Å²) in [5.41, 5.74) is 8.08. The quantitative estimate of drug-likeness (QED) is 0.419. The summed E-state index contributed by atoms with van der Waals surface area (Å²) in [5.74, 6) is 0.497. The van der Waals surface area contributed by atoms with Crippen LogP contribution >= 0.6 is 0 Å². The van der Waals surface area contributed by atoms with Gasteiger partial charge in [0.1, 0.15) is 0 Å². The number of rotatable bonds is 9. The highest BCUT2D eigenvalue weighted by molar-refractivity contribution is 5.77. The lowest BCUT2D eigenvalue weighted by Gasteiger charge is -2.07. The molecule has 0 spiro atoms. The summed E-state index contributed by atoms with van der Waals surface area (Å²) in [6.07, 6.45) is 6.65. The number of benzene rings is 1. The Bertz CT molecular complexity index is 719. The second-order valence-electron chi connectivity index (χ2n) is 6.17. The highest BCUT2D eigenvalue weighted by atomic mass is 16.1. The number of nitrogens with one attached hydrogen (secondary N) is 1. The van der Waals surface area contributed by atoms with Crippen molar-refractivity contribution in [1.82, 2.24) is 9.88 Å². The van der Waals surface area contributed by atoms with Crippen LogP contribution in [0.3, 0.4) is 0 Å². The molecule has 0 atom stereocenters. The first kappa shape index (κ1) is 18.8. The standard InChI is InChI=1S/C20H28N4O/c1-2-3-4-6-13-22-20(21)23-15-17-9-11-18(12-10-17)16-24-14-7-5-8-19(24)25/h5,7-12,14H,2-4,6,13,15-16H2,1H3,(H3,21,22,23). The Labute approximate surface area is 149 Å². The molecule has 0 unspecified atom stereocenters. The Morgan fingerprint density at radius 1 is 1.08 bits per heavy atom. The van der Waals surface area contributed by atoms with E-state index in [1.807, 2.05) is 30.3 Å². The summed E-state index contributed by atoms with van der Waals surface area (Å²) in [6.45, 7) is 4.21. The maximum atomic E-state index is 11.7. The minimum Gasteiger partial charge on any atom is -0.370 e. The van der Waals surface area contributed by atoms with Gasteiger partial charge in [-0.2, -0.15) is 0 Å². The fourth-order valence-electron chi connectivity index (χ4n) is 2.54. The Kier molecular flexibility index (Phi) is 7.76. The molecule has 1 aromatic heterocycles. The first-order chi connectivity index (χ1) is 12.2. The third-order valence-corrected chi connectivity index (χ3v) is 4.04. The lowest BCUT2D eigenvalue weighted by atomic mass is 10.1. The molecule has 0 radical (unpaired) electrons. The van der Waals surface area contributed by atoms with Gasteiger partial charge in [0.25, 0.3) is 5.56 Å². The van der Waals surface area contributed by atoms with Gasteiger partial charge < -0.3 is 15.6 Å². The van der Waals surface area contributed by atoms with Crippen LogP contribution in [0.25, 0.3) is 0 Å². The summed E-state index contributed by atoms with van der Waals surface area (Å²) in [5, 5.41) is 3.15. The minimum absolute atomic E-state index is 0.00830. The fraction of sp³-hybridized carbons (Fsp3) is 0.400. The zero-order valence-corrected chi connectivity index (χ0v) is 14.9. The number of nitrogens with zero attached hydrogens (tertiary/aromatic N) is 2. The Balaban J connectivity index is 1.81. The van der Waals surface area contributed by atoms with E-state index >= 15 is 0 Å². The molecule has 3 N–H and O–H groups in total. The van der Waals surface area contributed by atoms with Gasteiger partial charge in [-0.05, 0) is 23.6 Å². The smallest absolute Gasteiger partial charge is 0.250 e. The van der Waals surface area contributed by atoms with Gasteiger partial charge in [0, 0.05) is 18.8 Å². The molecule has 2 rings (SSSR count). The fourth-order valence-corrected chi connectivity index (χ4v) is 2.54. The topological polar surface area (TPSA) is 72.4 Å². The first-order valence-electron chi connectivity index (χ1n) is 8.96. The van der Waals surface area contributed by atoms with Crippen molar-refractivity contribution >= 4 is 5.96 Å². The zero-order valence-electron chi connectivity index (χ0n) is 14.9. The number of guanidine groups is 1. The number of aromatic nitrogens is 1. The van der Waals surface area contributed by atoms with E-state index < -0.39 is 0 Å². The van der Waals surface area contributed by atoms with Crippen molar-refractivity contribution in [2.45, 2.75) is 45.7 Å². The largest absolute Gasteiger partial charge is 0.370 e. The van der Waals surface area contributed by atoms with E-state index in [4.69, 9.17) is 5.73 Å². The van der Waals surface area contributed by atoms with Crippen LogP contribution in [0.1, 0.15) is 43.7 Å². The van der Waals surface area contributed by atoms with Gasteiger partial charge in [0.15, 0.2) is 5.96 Å². The van der Waals surface area contributed by atoms with Gasteiger partial charge in [-0.1, -0.05) is 56.5 Å². The van der Waals surface area contributed by atoms with Crippen molar-refractivity contribution < 1.29 is 0 Å². The summed E-state index contributed by atoms with van der Waals surface area (Å²) >= 11 is 0. The summed E-state index contributed by atoms with van der Waals surface area (Å²) in [6, 6.07) is 13.3. The van der Waals surface area contributed by atoms with Gasteiger partial charge in [-0.15, -0.1) is 0 Å². The Morgan fingerprint density at radius 3 is 2.56 bits per heavy atom. The molecule has 1 heterocycles. The number of unbranched alkanes of at least 4 members (excludes halogenated alkanes) is 3. The van der Waals surface area contributed by atoms with Crippen LogP contribution in [-0.2, 0) is 13.1 Å². The van der Waals surface area contributed by atoms with Crippen molar-refractivity contribution in [2.75, 3.05) is 6.54 Å². The number of pyridine rings is 1. The van der Waals surface area contributed by atoms with E-state index in [2.05, 4.69) is 17.2 Å². The number of aliphatic imine (C=N–C) groups is 1. The monoisotopic (exact) mass is 340 g/mol. The van der Waals surface area contributed by atoms with Gasteiger partial charge in [0.05, 0.1) is 13.1 Å². The molecule has 25 heavy (non-hydrogen) atoms. The molecule has 134 valence electrons. The van der Waals surface area contributed by atoms with E-state index in [0.29, 0.717) is 19.0 Å². The third kappa shape index (κ3) is 6.83. The molecule has 5 nitrogen and oxygen atoms in total. The predicted octanol–water partition coefficient (Wildman–Crippen LogP) is 2.88. The van der Waals surface area contributed by atoms with Crippen LogP contribution in [0, 0.1) is 0 Å². The molecule has 0 aliphatic carbocycles. The summed E-state index contributed by atoms with van der Waals surface area (Å²) < 4.78 is 1.69. The molecule has 0 aliphatic heterocycles. The van der Waals surface area contributed by atoms with E-state index in [9.17, 15) is 4.79 Å². The molecule has 0 bridgehead atoms. The molecule has 0 fully saturated rings. The molecule has 2 aromatic rings. The average Bonchev–Trinajstić information content (AvgIpc) is 2.63. The zero-order chi connectivity index (χ0) is 17.9. The van der Waals surface area contributed by atoms with E-state index in [0.717, 1.165) is 24.1 Å². The van der Waals surface area contributed by atoms with Gasteiger partial charge >= 0.3 is 0 Å². The molecular formula is C20H28N4O. The third-order valence-electron chi connectivity index (χ3n) is 4.04.